The van der Waals surface area contributed by atoms with Crippen LogP contribution in [0.1, 0.15) is 12.0 Å². The number of benzene rings is 1. The van der Waals surface area contributed by atoms with E-state index in [1.165, 1.54) is 40.6 Å². The van der Waals surface area contributed by atoms with E-state index in [-0.39, 0.29) is 17.4 Å². The second-order valence-electron chi connectivity index (χ2n) is 7.36. The van der Waals surface area contributed by atoms with E-state index >= 15 is 0 Å². The van der Waals surface area contributed by atoms with Crippen LogP contribution >= 0.6 is 11.3 Å². The Morgan fingerprint density at radius 1 is 1.12 bits per heavy atom. The maximum Gasteiger partial charge on any atom is 0.335 e. The normalized spacial score (nSPS) is 13.2. The fraction of sp³-hybridized carbons (Fsp3) is 0.0909. The minimum Gasteiger partial charge on any atom is -0.298 e. The van der Waals surface area contributed by atoms with Crippen LogP contribution in [0.25, 0.3) is 26.5 Å². The van der Waals surface area contributed by atoms with Crippen LogP contribution < -0.4 is 16.1 Å². The Labute approximate surface area is 189 Å². The van der Waals surface area contributed by atoms with Crippen molar-refractivity contribution in [1.29, 1.82) is 0 Å². The highest BCUT2D eigenvalue weighted by atomic mass is 32.1. The molecule has 0 fully saturated rings. The van der Waals surface area contributed by atoms with Crippen LogP contribution in [0, 0.1) is 17.0 Å². The maximum atomic E-state index is 13.3. The Hall–Kier alpha value is -4.38. The molecule has 0 spiro atoms. The number of H-pyrrole nitrogens is 1. The van der Waals surface area contributed by atoms with Crippen LogP contribution in [0.4, 0.5) is 11.4 Å². The van der Waals surface area contributed by atoms with Crippen LogP contribution in [0.2, 0.25) is 0 Å². The summed E-state index contributed by atoms with van der Waals surface area (Å²) in [5.41, 5.74) is 0.707. The third kappa shape index (κ3) is 3.34. The van der Waals surface area contributed by atoms with E-state index in [4.69, 9.17) is 0 Å². The highest BCUT2D eigenvalue weighted by Crippen LogP contribution is 2.36. The lowest BCUT2D eigenvalue weighted by Crippen LogP contribution is -2.34. The third-order valence-electron chi connectivity index (χ3n) is 5.38. The number of nitro groups is 1. The largest absolute Gasteiger partial charge is 0.335 e. The van der Waals surface area contributed by atoms with Gasteiger partial charge in [-0.05, 0) is 42.3 Å². The molecule has 1 amide bonds. The molecule has 5 rings (SSSR count). The number of amides is 1. The Bertz CT molecular complexity index is 1580. The third-order valence-corrected chi connectivity index (χ3v) is 6.64. The molecule has 4 aromatic rings. The molecule has 0 atom stereocenters. The molecule has 33 heavy (non-hydrogen) atoms. The molecule has 0 aliphatic carbocycles. The SMILES string of the molecule is Cc1c(-c2ccc([N+](=O)[O-])cc2)sc2[nH]c(=O)n(-c3ccc(N4C=CCC4=O)cn3)c(=O)c12. The first-order chi connectivity index (χ1) is 15.8. The zero-order chi connectivity index (χ0) is 23.3. The predicted molar refractivity (Wildman–Crippen MR) is 124 cm³/mol. The molecule has 0 radical (unpaired) electrons. The van der Waals surface area contributed by atoms with Crippen LogP contribution in [-0.2, 0) is 4.79 Å². The fourth-order valence-corrected chi connectivity index (χ4v) is 4.95. The quantitative estimate of drug-likeness (QED) is 0.367. The van der Waals surface area contributed by atoms with Crippen molar-refractivity contribution in [3.63, 3.8) is 0 Å². The molecule has 1 N–H and O–H groups in total. The Balaban J connectivity index is 1.60. The molecule has 1 aliphatic heterocycles. The maximum absolute atomic E-state index is 13.3. The van der Waals surface area contributed by atoms with Crippen molar-refractivity contribution in [1.82, 2.24) is 14.5 Å². The van der Waals surface area contributed by atoms with Crippen LogP contribution in [0.15, 0.2) is 64.5 Å². The summed E-state index contributed by atoms with van der Waals surface area (Å²) in [5.74, 6) is 0.0404. The van der Waals surface area contributed by atoms with E-state index in [0.717, 1.165) is 9.44 Å². The van der Waals surface area contributed by atoms with Crippen molar-refractivity contribution in [3.05, 3.63) is 91.4 Å². The van der Waals surface area contributed by atoms with Crippen molar-refractivity contribution in [2.75, 3.05) is 4.90 Å². The van der Waals surface area contributed by atoms with Gasteiger partial charge in [0.15, 0.2) is 0 Å². The van der Waals surface area contributed by atoms with Crippen molar-refractivity contribution in [3.8, 4) is 16.3 Å². The number of nitro benzene ring substituents is 1. The number of non-ortho nitro benzene ring substituents is 1. The van der Waals surface area contributed by atoms with Gasteiger partial charge in [0, 0.05) is 29.6 Å². The number of fused-ring (bicyclic) bond motifs is 1. The summed E-state index contributed by atoms with van der Waals surface area (Å²) in [6.45, 7) is 1.77. The number of carbonyl (C=O) groups is 1. The number of nitrogens with one attached hydrogen (secondary N) is 1. The average molecular weight is 461 g/mol. The molecule has 4 heterocycles. The molecule has 10 nitrogen and oxygen atoms in total. The molecule has 0 saturated carbocycles. The molecule has 0 bridgehead atoms. The molecule has 0 unspecified atom stereocenters. The summed E-state index contributed by atoms with van der Waals surface area (Å²) in [6, 6.07) is 9.14. The van der Waals surface area contributed by atoms with E-state index in [2.05, 4.69) is 9.97 Å². The Morgan fingerprint density at radius 3 is 2.48 bits per heavy atom. The van der Waals surface area contributed by atoms with Crippen molar-refractivity contribution >= 4 is 38.8 Å². The minimum atomic E-state index is -0.638. The standard InChI is InChI=1S/C22H15N5O5S/c1-12-18-20(33-19(12)13-4-6-14(7-5-13)27(31)32)24-22(30)26(21(18)29)16-9-8-15(11-23-16)25-10-2-3-17(25)28/h2,4-11H,3H2,1H3,(H,24,30). The zero-order valence-electron chi connectivity index (χ0n) is 17.1. The van der Waals surface area contributed by atoms with Gasteiger partial charge >= 0.3 is 5.69 Å². The molecule has 1 aliphatic rings. The molecule has 11 heteroatoms. The molecular weight excluding hydrogens is 446 g/mol. The van der Waals surface area contributed by atoms with Crippen molar-refractivity contribution in [2.24, 2.45) is 0 Å². The molecule has 164 valence electrons. The van der Waals surface area contributed by atoms with Crippen LogP contribution in [0.5, 0.6) is 0 Å². The number of nitrogens with zero attached hydrogens (tertiary/aromatic N) is 4. The molecule has 0 saturated heterocycles. The summed E-state index contributed by atoms with van der Waals surface area (Å²) in [4.78, 5) is 57.9. The average Bonchev–Trinajstić information content (AvgIpc) is 3.37. The Kier molecular flexibility index (Phi) is 4.75. The van der Waals surface area contributed by atoms with Crippen molar-refractivity contribution in [2.45, 2.75) is 13.3 Å². The van der Waals surface area contributed by atoms with Gasteiger partial charge in [0.2, 0.25) is 5.91 Å². The smallest absolute Gasteiger partial charge is 0.298 e. The monoisotopic (exact) mass is 461 g/mol. The first-order valence-corrected chi connectivity index (χ1v) is 10.6. The number of aromatic amines is 1. The van der Waals surface area contributed by atoms with Crippen LogP contribution in [0.3, 0.4) is 0 Å². The van der Waals surface area contributed by atoms with E-state index < -0.39 is 16.2 Å². The second-order valence-corrected chi connectivity index (χ2v) is 8.38. The van der Waals surface area contributed by atoms with Gasteiger partial charge in [-0.3, -0.25) is 29.6 Å². The lowest BCUT2D eigenvalue weighted by Gasteiger charge is -2.13. The highest BCUT2D eigenvalue weighted by molar-refractivity contribution is 7.22. The van der Waals surface area contributed by atoms with E-state index in [9.17, 15) is 24.5 Å². The van der Waals surface area contributed by atoms with Gasteiger partial charge in [-0.15, -0.1) is 11.3 Å². The number of rotatable bonds is 4. The number of aromatic nitrogens is 3. The summed E-state index contributed by atoms with van der Waals surface area (Å²) in [5, 5.41) is 11.3. The first kappa shape index (κ1) is 20.5. The number of hydrogen-bond acceptors (Lipinski definition) is 7. The number of aryl methyl sites for hydroxylation is 1. The van der Waals surface area contributed by atoms with Gasteiger partial charge in [0.05, 0.1) is 22.2 Å². The highest BCUT2D eigenvalue weighted by Gasteiger charge is 2.20. The van der Waals surface area contributed by atoms with Gasteiger partial charge in [-0.1, -0.05) is 6.08 Å². The van der Waals surface area contributed by atoms with Gasteiger partial charge < -0.3 is 0 Å². The number of hydrogen-bond donors (Lipinski definition) is 1. The van der Waals surface area contributed by atoms with Crippen LogP contribution in [-0.4, -0.2) is 25.4 Å². The van der Waals surface area contributed by atoms with E-state index in [1.54, 1.807) is 37.4 Å². The zero-order valence-corrected chi connectivity index (χ0v) is 18.0. The summed E-state index contributed by atoms with van der Waals surface area (Å²) >= 11 is 1.23. The number of carbonyl (C=O) groups excluding carboxylic acids is 1. The van der Waals surface area contributed by atoms with Gasteiger partial charge in [0.1, 0.15) is 10.6 Å². The van der Waals surface area contributed by atoms with Gasteiger partial charge in [0.25, 0.3) is 11.2 Å². The number of thiophene rings is 1. The fourth-order valence-electron chi connectivity index (χ4n) is 3.76. The second kappa shape index (κ2) is 7.64. The Morgan fingerprint density at radius 2 is 1.88 bits per heavy atom. The van der Waals surface area contributed by atoms with E-state index in [0.29, 0.717) is 33.5 Å². The molecule has 3 aromatic heterocycles. The topological polar surface area (TPSA) is 131 Å². The van der Waals surface area contributed by atoms with Crippen molar-refractivity contribution < 1.29 is 9.72 Å². The first-order valence-electron chi connectivity index (χ1n) is 9.83. The van der Waals surface area contributed by atoms with E-state index in [1.807, 2.05) is 0 Å². The molecule has 1 aromatic carbocycles. The lowest BCUT2D eigenvalue weighted by atomic mass is 10.1. The lowest BCUT2D eigenvalue weighted by molar-refractivity contribution is -0.384. The van der Waals surface area contributed by atoms with Gasteiger partial charge in [-0.2, -0.15) is 0 Å². The summed E-state index contributed by atoms with van der Waals surface area (Å²) < 4.78 is 0.951. The summed E-state index contributed by atoms with van der Waals surface area (Å²) in [7, 11) is 0. The minimum absolute atomic E-state index is 0.0334. The number of pyridine rings is 1. The molecular formula is C22H15N5O5S. The van der Waals surface area contributed by atoms with Gasteiger partial charge in [-0.25, -0.2) is 14.3 Å². The predicted octanol–water partition coefficient (Wildman–Crippen LogP) is 3.27. The summed E-state index contributed by atoms with van der Waals surface area (Å²) in [6.07, 6.45) is 5.13. The number of anilines is 1.